The van der Waals surface area contributed by atoms with E-state index in [-0.39, 0.29) is 6.04 Å². The van der Waals surface area contributed by atoms with Crippen LogP contribution >= 0.6 is 0 Å². The minimum Gasteiger partial charge on any atom is -0.488 e. The van der Waals surface area contributed by atoms with Crippen molar-refractivity contribution in [3.05, 3.63) is 18.3 Å². The number of aliphatic hydroxyl groups is 1. The van der Waals surface area contributed by atoms with Gasteiger partial charge in [0.05, 0.1) is 11.6 Å². The van der Waals surface area contributed by atoms with Crippen LogP contribution in [0.1, 0.15) is 13.3 Å². The zero-order valence-electron chi connectivity index (χ0n) is 8.68. The van der Waals surface area contributed by atoms with E-state index in [9.17, 15) is 5.11 Å². The van der Waals surface area contributed by atoms with Gasteiger partial charge in [-0.15, -0.1) is 0 Å². The topological polar surface area (TPSA) is 45.6 Å². The summed E-state index contributed by atoms with van der Waals surface area (Å²) in [7, 11) is 0. The van der Waals surface area contributed by atoms with Crippen molar-refractivity contribution in [3.8, 4) is 5.75 Å². The molecule has 1 fully saturated rings. The van der Waals surface area contributed by atoms with Gasteiger partial charge in [-0.2, -0.15) is 0 Å². The van der Waals surface area contributed by atoms with Crippen LogP contribution in [-0.4, -0.2) is 34.9 Å². The lowest BCUT2D eigenvalue weighted by Crippen LogP contribution is -2.39. The quantitative estimate of drug-likeness (QED) is 0.682. The van der Waals surface area contributed by atoms with Crippen LogP contribution in [0.4, 0.5) is 5.82 Å². The van der Waals surface area contributed by atoms with Crippen molar-refractivity contribution in [1.82, 2.24) is 4.98 Å². The molecule has 80 valence electrons. The molecular weight excluding hydrogens is 192 g/mol. The van der Waals surface area contributed by atoms with E-state index in [0.29, 0.717) is 13.2 Å². The molecule has 0 saturated carbocycles. The molecule has 0 aliphatic carbocycles. The van der Waals surface area contributed by atoms with Crippen molar-refractivity contribution in [2.24, 2.45) is 0 Å². The van der Waals surface area contributed by atoms with Gasteiger partial charge in [0.25, 0.3) is 0 Å². The summed E-state index contributed by atoms with van der Waals surface area (Å²) >= 11 is 0. The van der Waals surface area contributed by atoms with Crippen LogP contribution in [0.2, 0.25) is 0 Å². The minimum atomic E-state index is -0.618. The summed E-state index contributed by atoms with van der Waals surface area (Å²) in [5.41, 5.74) is -0.618. The first-order valence-electron chi connectivity index (χ1n) is 5.23. The highest BCUT2D eigenvalue weighted by Gasteiger charge is 2.43. The monoisotopic (exact) mass is 206 g/mol. The van der Waals surface area contributed by atoms with Crippen molar-refractivity contribution in [2.45, 2.75) is 25.0 Å². The lowest BCUT2D eigenvalue weighted by Gasteiger charge is -2.31. The molecule has 2 aliphatic rings. The fourth-order valence-electron chi connectivity index (χ4n) is 2.47. The van der Waals surface area contributed by atoms with Crippen molar-refractivity contribution < 1.29 is 9.84 Å². The second-order valence-electron chi connectivity index (χ2n) is 4.62. The average molecular weight is 206 g/mol. The number of nitrogens with zero attached hydrogens (tertiary/aromatic N) is 2. The van der Waals surface area contributed by atoms with Crippen LogP contribution in [0, 0.1) is 0 Å². The number of ether oxygens (including phenoxy) is 1. The Morgan fingerprint density at radius 1 is 1.67 bits per heavy atom. The van der Waals surface area contributed by atoms with Gasteiger partial charge in [-0.05, 0) is 19.1 Å². The summed E-state index contributed by atoms with van der Waals surface area (Å²) in [5, 5.41) is 10.0. The number of pyridine rings is 1. The molecule has 3 rings (SSSR count). The maximum atomic E-state index is 10.0. The van der Waals surface area contributed by atoms with Gasteiger partial charge in [-0.3, -0.25) is 0 Å². The average Bonchev–Trinajstić information content (AvgIpc) is 2.52. The zero-order valence-corrected chi connectivity index (χ0v) is 8.68. The summed E-state index contributed by atoms with van der Waals surface area (Å²) in [4.78, 5) is 6.47. The highest BCUT2D eigenvalue weighted by molar-refractivity contribution is 5.56. The maximum absolute atomic E-state index is 10.0. The van der Waals surface area contributed by atoms with E-state index >= 15 is 0 Å². The SMILES string of the molecule is CC1(O)CC2COc3cccnc3N2C1. The molecule has 0 bridgehead atoms. The van der Waals surface area contributed by atoms with Crippen LogP contribution in [0.5, 0.6) is 5.75 Å². The summed E-state index contributed by atoms with van der Waals surface area (Å²) in [6, 6.07) is 4.06. The molecule has 15 heavy (non-hydrogen) atoms. The molecule has 3 heterocycles. The molecule has 1 saturated heterocycles. The number of hydrogen-bond donors (Lipinski definition) is 1. The Morgan fingerprint density at radius 2 is 2.53 bits per heavy atom. The molecule has 2 unspecified atom stereocenters. The third kappa shape index (κ3) is 1.36. The van der Waals surface area contributed by atoms with Gasteiger partial charge in [0.1, 0.15) is 6.61 Å². The molecule has 0 amide bonds. The molecule has 1 aromatic rings. The van der Waals surface area contributed by atoms with Gasteiger partial charge >= 0.3 is 0 Å². The largest absolute Gasteiger partial charge is 0.488 e. The number of anilines is 1. The van der Waals surface area contributed by atoms with Crippen molar-refractivity contribution in [1.29, 1.82) is 0 Å². The van der Waals surface area contributed by atoms with E-state index < -0.39 is 5.60 Å². The lowest BCUT2D eigenvalue weighted by molar-refractivity contribution is 0.0784. The zero-order chi connectivity index (χ0) is 10.5. The standard InChI is InChI=1S/C11H14N2O2/c1-11(14)5-8-6-15-9-3-2-4-12-10(9)13(8)7-11/h2-4,8,14H,5-7H2,1H3. The predicted molar refractivity (Wildman–Crippen MR) is 56.1 cm³/mol. The van der Waals surface area contributed by atoms with Crippen LogP contribution in [0.3, 0.4) is 0 Å². The molecule has 4 nitrogen and oxygen atoms in total. The fraction of sp³-hybridized carbons (Fsp3) is 0.545. The Hall–Kier alpha value is -1.29. The van der Waals surface area contributed by atoms with Crippen LogP contribution < -0.4 is 9.64 Å². The molecule has 1 aromatic heterocycles. The molecule has 2 atom stereocenters. The first-order valence-corrected chi connectivity index (χ1v) is 5.23. The lowest BCUT2D eigenvalue weighted by atomic mass is 10.0. The predicted octanol–water partition coefficient (Wildman–Crippen LogP) is 0.804. The van der Waals surface area contributed by atoms with E-state index in [2.05, 4.69) is 9.88 Å². The number of aromatic nitrogens is 1. The number of fused-ring (bicyclic) bond motifs is 3. The summed E-state index contributed by atoms with van der Waals surface area (Å²) in [6.07, 6.45) is 2.51. The fourth-order valence-corrected chi connectivity index (χ4v) is 2.47. The highest BCUT2D eigenvalue weighted by Crippen LogP contribution is 2.38. The second kappa shape index (κ2) is 2.85. The molecule has 0 aromatic carbocycles. The molecule has 0 radical (unpaired) electrons. The van der Waals surface area contributed by atoms with Gasteiger partial charge in [-0.1, -0.05) is 0 Å². The van der Waals surface area contributed by atoms with Crippen LogP contribution in [-0.2, 0) is 0 Å². The Bertz CT molecular complexity index is 392. The van der Waals surface area contributed by atoms with E-state index in [0.717, 1.165) is 18.0 Å². The smallest absolute Gasteiger partial charge is 0.171 e. The van der Waals surface area contributed by atoms with Crippen molar-refractivity contribution in [3.63, 3.8) is 0 Å². The third-order valence-electron chi connectivity index (χ3n) is 3.08. The van der Waals surface area contributed by atoms with Gasteiger partial charge in [-0.25, -0.2) is 4.98 Å². The Kier molecular flexibility index (Phi) is 1.71. The van der Waals surface area contributed by atoms with Gasteiger partial charge in [0.15, 0.2) is 11.6 Å². The Labute approximate surface area is 88.5 Å². The second-order valence-corrected chi connectivity index (χ2v) is 4.62. The minimum absolute atomic E-state index is 0.266. The number of rotatable bonds is 0. The van der Waals surface area contributed by atoms with E-state index in [1.54, 1.807) is 6.20 Å². The van der Waals surface area contributed by atoms with Crippen LogP contribution in [0.25, 0.3) is 0 Å². The van der Waals surface area contributed by atoms with Crippen molar-refractivity contribution >= 4 is 5.82 Å². The van der Waals surface area contributed by atoms with E-state index in [1.807, 2.05) is 19.1 Å². The Balaban J connectivity index is 2.00. The first kappa shape index (κ1) is 8.97. The summed E-state index contributed by atoms with van der Waals surface area (Å²) in [5.74, 6) is 1.69. The van der Waals surface area contributed by atoms with E-state index in [4.69, 9.17) is 4.74 Å². The molecule has 2 aliphatic heterocycles. The number of hydrogen-bond acceptors (Lipinski definition) is 4. The van der Waals surface area contributed by atoms with E-state index in [1.165, 1.54) is 0 Å². The third-order valence-corrected chi connectivity index (χ3v) is 3.08. The van der Waals surface area contributed by atoms with Gasteiger partial charge in [0, 0.05) is 19.2 Å². The highest BCUT2D eigenvalue weighted by atomic mass is 16.5. The maximum Gasteiger partial charge on any atom is 0.171 e. The normalized spacial score (nSPS) is 33.2. The summed E-state index contributed by atoms with van der Waals surface area (Å²) in [6.45, 7) is 3.16. The Morgan fingerprint density at radius 3 is 3.40 bits per heavy atom. The molecular formula is C11H14N2O2. The molecule has 0 spiro atoms. The van der Waals surface area contributed by atoms with Gasteiger partial charge in [0.2, 0.25) is 0 Å². The molecule has 4 heteroatoms. The first-order chi connectivity index (χ1) is 7.16. The molecule has 1 N–H and O–H groups in total. The van der Waals surface area contributed by atoms with Crippen molar-refractivity contribution in [2.75, 3.05) is 18.1 Å². The summed E-state index contributed by atoms with van der Waals surface area (Å²) < 4.78 is 5.62. The van der Waals surface area contributed by atoms with Crippen LogP contribution in [0.15, 0.2) is 18.3 Å². The van der Waals surface area contributed by atoms with Gasteiger partial charge < -0.3 is 14.7 Å².